The summed E-state index contributed by atoms with van der Waals surface area (Å²) >= 11 is 0. The summed E-state index contributed by atoms with van der Waals surface area (Å²) in [7, 11) is 0. The van der Waals surface area contributed by atoms with Crippen molar-refractivity contribution >= 4 is 17.1 Å². The second kappa shape index (κ2) is 6.41. The molecule has 0 unspecified atom stereocenters. The van der Waals surface area contributed by atoms with Crippen LogP contribution in [0.15, 0.2) is 24.8 Å². The minimum atomic E-state index is -4.93. The summed E-state index contributed by atoms with van der Waals surface area (Å²) in [6.07, 6.45) is -3.59. The fourth-order valence-electron chi connectivity index (χ4n) is 1.90. The predicted molar refractivity (Wildman–Crippen MR) is 72.8 cm³/mol. The van der Waals surface area contributed by atoms with Crippen LogP contribution in [0, 0.1) is 20.2 Å². The number of anilines is 1. The lowest BCUT2D eigenvalue weighted by molar-refractivity contribution is -0.393. The minimum Gasteiger partial charge on any atom is -0.357 e. The molecule has 0 fully saturated rings. The zero-order valence-corrected chi connectivity index (χ0v) is 11.5. The van der Waals surface area contributed by atoms with Crippen molar-refractivity contribution < 1.29 is 23.0 Å². The molecule has 1 aromatic carbocycles. The third kappa shape index (κ3) is 3.51. The smallest absolute Gasteiger partial charge is 0.357 e. The van der Waals surface area contributed by atoms with Crippen molar-refractivity contribution in [3.8, 4) is 0 Å². The highest BCUT2D eigenvalue weighted by Gasteiger charge is 2.38. The van der Waals surface area contributed by atoms with Crippen molar-refractivity contribution in [2.45, 2.75) is 13.1 Å². The normalized spacial score (nSPS) is 11.1. The monoisotopic (exact) mass is 319 g/mol. The number of halogens is 3. The summed E-state index contributed by atoms with van der Waals surface area (Å²) in [5.41, 5.74) is -3.84. The Morgan fingerprint density at radius 3 is 1.95 bits per heavy atom. The highest BCUT2D eigenvalue weighted by atomic mass is 19.4. The third-order valence-corrected chi connectivity index (χ3v) is 2.84. The number of rotatable bonds is 6. The number of nitro benzene ring substituents is 2. The van der Waals surface area contributed by atoms with Gasteiger partial charge in [0.15, 0.2) is 5.69 Å². The molecule has 0 atom stereocenters. The number of nitrogens with zero attached hydrogens (tertiary/aromatic N) is 3. The van der Waals surface area contributed by atoms with Crippen LogP contribution in [0.4, 0.5) is 30.2 Å². The summed E-state index contributed by atoms with van der Waals surface area (Å²) in [6, 6.07) is 0.599. The van der Waals surface area contributed by atoms with Gasteiger partial charge in [-0.2, -0.15) is 13.2 Å². The Bertz CT molecular complexity index is 581. The van der Waals surface area contributed by atoms with Gasteiger partial charge in [-0.25, -0.2) is 0 Å². The lowest BCUT2D eigenvalue weighted by atomic mass is 10.1. The average Bonchev–Trinajstić information content (AvgIpc) is 2.42. The number of hydrogen-bond acceptors (Lipinski definition) is 5. The van der Waals surface area contributed by atoms with Crippen LogP contribution in [-0.4, -0.2) is 22.9 Å². The molecule has 0 aliphatic rings. The van der Waals surface area contributed by atoms with Gasteiger partial charge in [0.1, 0.15) is 0 Å². The molecule has 0 saturated carbocycles. The molecule has 1 rings (SSSR count). The molecular formula is C12H12F3N3O4. The maximum Gasteiger partial charge on any atom is 0.416 e. The predicted octanol–water partition coefficient (Wildman–Crippen LogP) is 3.53. The number of likely N-dealkylation sites (N-methyl/N-ethyl adjacent to an activating group) is 1. The molecule has 0 spiro atoms. The van der Waals surface area contributed by atoms with Gasteiger partial charge in [0.25, 0.3) is 11.4 Å². The lowest BCUT2D eigenvalue weighted by Crippen LogP contribution is -2.25. The second-order valence-corrected chi connectivity index (χ2v) is 4.20. The van der Waals surface area contributed by atoms with Gasteiger partial charge in [-0.15, -0.1) is 6.58 Å². The van der Waals surface area contributed by atoms with E-state index in [1.807, 2.05) is 0 Å². The topological polar surface area (TPSA) is 89.5 Å². The van der Waals surface area contributed by atoms with E-state index in [4.69, 9.17) is 0 Å². The molecule has 1 aromatic rings. The Hall–Kier alpha value is -2.65. The molecule has 0 aliphatic carbocycles. The Morgan fingerprint density at radius 2 is 1.68 bits per heavy atom. The van der Waals surface area contributed by atoms with Crippen LogP contribution < -0.4 is 4.90 Å². The van der Waals surface area contributed by atoms with Gasteiger partial charge in [0.05, 0.1) is 15.4 Å². The lowest BCUT2D eigenvalue weighted by Gasteiger charge is -2.21. The minimum absolute atomic E-state index is 0.0174. The first kappa shape index (κ1) is 17.4. The largest absolute Gasteiger partial charge is 0.416 e. The Balaban J connectivity index is 3.75. The number of alkyl halides is 3. The van der Waals surface area contributed by atoms with E-state index in [2.05, 4.69) is 6.58 Å². The SMILES string of the molecule is C=CCN(CC)c1c([N+](=O)[O-])cc(C(F)(F)F)cc1[N+](=O)[O-]. The van der Waals surface area contributed by atoms with Gasteiger partial charge in [-0.05, 0) is 6.92 Å². The first-order valence-corrected chi connectivity index (χ1v) is 6.03. The summed E-state index contributed by atoms with van der Waals surface area (Å²) in [6.45, 7) is 5.12. The maximum atomic E-state index is 12.8. The van der Waals surface area contributed by atoms with Crippen molar-refractivity contribution in [1.29, 1.82) is 0 Å². The van der Waals surface area contributed by atoms with Gasteiger partial charge in [-0.3, -0.25) is 20.2 Å². The summed E-state index contributed by atoms with van der Waals surface area (Å²) in [4.78, 5) is 21.2. The van der Waals surface area contributed by atoms with Crippen LogP contribution in [-0.2, 0) is 6.18 Å². The fourth-order valence-corrected chi connectivity index (χ4v) is 1.90. The van der Waals surface area contributed by atoms with Crippen LogP contribution >= 0.6 is 0 Å². The van der Waals surface area contributed by atoms with E-state index < -0.39 is 38.6 Å². The molecule has 22 heavy (non-hydrogen) atoms. The van der Waals surface area contributed by atoms with Crippen LogP contribution in [0.1, 0.15) is 12.5 Å². The molecule has 120 valence electrons. The van der Waals surface area contributed by atoms with Gasteiger partial charge < -0.3 is 4.90 Å². The molecule has 0 aliphatic heterocycles. The third-order valence-electron chi connectivity index (χ3n) is 2.84. The quantitative estimate of drug-likeness (QED) is 0.454. The van der Waals surface area contributed by atoms with Gasteiger partial charge in [0.2, 0.25) is 0 Å². The van der Waals surface area contributed by atoms with E-state index in [1.54, 1.807) is 6.92 Å². The molecule has 0 saturated heterocycles. The van der Waals surface area contributed by atoms with E-state index in [-0.39, 0.29) is 13.1 Å². The standard InChI is InChI=1S/C12H12F3N3O4/c1-3-5-16(4-2)11-9(17(19)20)6-8(12(13,14)15)7-10(11)18(21)22/h3,6-7H,1,4-5H2,2H3. The van der Waals surface area contributed by atoms with Gasteiger partial charge in [0, 0.05) is 25.2 Å². The highest BCUT2D eigenvalue weighted by Crippen LogP contribution is 2.42. The van der Waals surface area contributed by atoms with Crippen molar-refractivity contribution in [2.75, 3.05) is 18.0 Å². The Morgan fingerprint density at radius 1 is 1.23 bits per heavy atom. The molecule has 10 heteroatoms. The zero-order valence-electron chi connectivity index (χ0n) is 11.5. The maximum absolute atomic E-state index is 12.8. The van der Waals surface area contributed by atoms with E-state index in [9.17, 15) is 33.4 Å². The van der Waals surface area contributed by atoms with Crippen LogP contribution in [0.3, 0.4) is 0 Å². The molecule has 7 nitrogen and oxygen atoms in total. The highest BCUT2D eigenvalue weighted by molar-refractivity contribution is 5.76. The van der Waals surface area contributed by atoms with Gasteiger partial charge in [-0.1, -0.05) is 6.08 Å². The van der Waals surface area contributed by atoms with Crippen LogP contribution in [0.25, 0.3) is 0 Å². The number of benzene rings is 1. The molecule has 0 heterocycles. The zero-order chi connectivity index (χ0) is 17.1. The second-order valence-electron chi connectivity index (χ2n) is 4.20. The first-order valence-electron chi connectivity index (χ1n) is 6.03. The van der Waals surface area contributed by atoms with Crippen molar-refractivity contribution in [1.82, 2.24) is 0 Å². The average molecular weight is 319 g/mol. The summed E-state index contributed by atoms with van der Waals surface area (Å²) in [5, 5.41) is 22.1. The van der Waals surface area contributed by atoms with Crippen LogP contribution in [0.5, 0.6) is 0 Å². The molecule has 0 bridgehead atoms. The molecule has 0 amide bonds. The van der Waals surface area contributed by atoms with Gasteiger partial charge >= 0.3 is 6.18 Å². The van der Waals surface area contributed by atoms with Crippen molar-refractivity contribution in [2.24, 2.45) is 0 Å². The van der Waals surface area contributed by atoms with Crippen molar-refractivity contribution in [3.05, 3.63) is 50.6 Å². The molecule has 0 aromatic heterocycles. The van der Waals surface area contributed by atoms with Crippen molar-refractivity contribution in [3.63, 3.8) is 0 Å². The number of nitro groups is 2. The molecule has 0 radical (unpaired) electrons. The Kier molecular flexibility index (Phi) is 5.07. The van der Waals surface area contributed by atoms with E-state index in [1.165, 1.54) is 11.0 Å². The first-order chi connectivity index (χ1) is 10.1. The Labute approximate surface area is 122 Å². The summed E-state index contributed by atoms with van der Waals surface area (Å²) < 4.78 is 38.3. The summed E-state index contributed by atoms with van der Waals surface area (Å²) in [5.74, 6) is 0. The van der Waals surface area contributed by atoms with E-state index >= 15 is 0 Å². The van der Waals surface area contributed by atoms with E-state index in [0.717, 1.165) is 0 Å². The van der Waals surface area contributed by atoms with E-state index in [0.29, 0.717) is 12.1 Å². The molecule has 0 N–H and O–H groups in total. The fraction of sp³-hybridized carbons (Fsp3) is 0.333. The van der Waals surface area contributed by atoms with Crippen LogP contribution in [0.2, 0.25) is 0 Å². The molecular weight excluding hydrogens is 307 g/mol. The number of hydrogen-bond donors (Lipinski definition) is 0.